The Morgan fingerprint density at radius 3 is 2.71 bits per heavy atom. The number of alkyl halides is 2. The van der Waals surface area contributed by atoms with Gasteiger partial charge in [0.2, 0.25) is 11.8 Å². The van der Waals surface area contributed by atoms with E-state index in [0.29, 0.717) is 12.0 Å². The van der Waals surface area contributed by atoms with E-state index >= 15 is 0 Å². The summed E-state index contributed by atoms with van der Waals surface area (Å²) in [6.07, 6.45) is -2.25. The summed E-state index contributed by atoms with van der Waals surface area (Å²) in [4.78, 5) is 15.3. The van der Waals surface area contributed by atoms with Crippen molar-refractivity contribution in [1.82, 2.24) is 4.98 Å². The maximum absolute atomic E-state index is 11.9. The quantitative estimate of drug-likeness (QED) is 0.722. The summed E-state index contributed by atoms with van der Waals surface area (Å²) in [5, 5.41) is 0. The highest BCUT2D eigenvalue weighted by molar-refractivity contribution is 5.97. The summed E-state index contributed by atoms with van der Waals surface area (Å²) < 4.78 is 33.5. The highest BCUT2D eigenvalue weighted by Gasteiger charge is 2.13. The van der Waals surface area contributed by atoms with E-state index in [4.69, 9.17) is 9.47 Å². The van der Waals surface area contributed by atoms with Crippen molar-refractivity contribution < 1.29 is 23.0 Å². The average molecular weight is 245 g/mol. The van der Waals surface area contributed by atoms with E-state index in [2.05, 4.69) is 4.98 Å². The van der Waals surface area contributed by atoms with E-state index in [1.807, 2.05) is 0 Å². The first kappa shape index (κ1) is 13.3. The largest absolute Gasteiger partial charge is 0.480 e. The molecular formula is C11H13F2NO3. The van der Waals surface area contributed by atoms with Crippen LogP contribution >= 0.6 is 0 Å². The van der Waals surface area contributed by atoms with Gasteiger partial charge in [-0.3, -0.25) is 4.79 Å². The molecule has 0 aliphatic heterocycles. The highest BCUT2D eigenvalue weighted by Crippen LogP contribution is 2.21. The Bertz CT molecular complexity index is 396. The third-order valence-electron chi connectivity index (χ3n) is 2.01. The van der Waals surface area contributed by atoms with Crippen LogP contribution in [0.4, 0.5) is 8.78 Å². The van der Waals surface area contributed by atoms with E-state index in [0.717, 1.165) is 0 Å². The Balaban J connectivity index is 2.88. The van der Waals surface area contributed by atoms with Crippen LogP contribution < -0.4 is 9.47 Å². The molecular weight excluding hydrogens is 232 g/mol. The van der Waals surface area contributed by atoms with Gasteiger partial charge in [-0.2, -0.15) is 4.98 Å². The first-order valence-electron chi connectivity index (χ1n) is 5.07. The van der Waals surface area contributed by atoms with Crippen molar-refractivity contribution in [2.75, 3.05) is 13.7 Å². The van der Waals surface area contributed by atoms with E-state index in [9.17, 15) is 13.6 Å². The molecule has 0 bridgehead atoms. The zero-order valence-electron chi connectivity index (χ0n) is 9.57. The van der Waals surface area contributed by atoms with Crippen molar-refractivity contribution in [3.05, 3.63) is 17.7 Å². The van der Waals surface area contributed by atoms with Gasteiger partial charge in [-0.15, -0.1) is 0 Å². The normalized spacial score (nSPS) is 10.4. The third kappa shape index (κ3) is 3.65. The Morgan fingerprint density at radius 1 is 1.47 bits per heavy atom. The molecule has 0 spiro atoms. The molecule has 0 aromatic carbocycles. The molecule has 0 aliphatic rings. The smallest absolute Gasteiger partial charge is 0.272 e. The molecule has 1 heterocycles. The fourth-order valence-corrected chi connectivity index (χ4v) is 1.21. The van der Waals surface area contributed by atoms with Gasteiger partial charge < -0.3 is 9.47 Å². The van der Waals surface area contributed by atoms with Gasteiger partial charge in [0.05, 0.1) is 12.7 Å². The van der Waals surface area contributed by atoms with Crippen molar-refractivity contribution in [2.45, 2.75) is 19.8 Å². The number of aromatic nitrogens is 1. The van der Waals surface area contributed by atoms with E-state index in [1.165, 1.54) is 19.2 Å². The van der Waals surface area contributed by atoms with Crippen LogP contribution in [-0.2, 0) is 0 Å². The van der Waals surface area contributed by atoms with Crippen LogP contribution in [0.25, 0.3) is 0 Å². The number of methoxy groups -OCH3 is 1. The van der Waals surface area contributed by atoms with Crippen molar-refractivity contribution in [2.24, 2.45) is 0 Å². The SMILES string of the molecule is CCC(=O)c1ccc(OCC(F)F)nc1OC. The fraction of sp³-hybridized carbons (Fsp3) is 0.455. The molecule has 0 amide bonds. The number of carbonyl (C=O) groups is 1. The molecule has 0 atom stereocenters. The van der Waals surface area contributed by atoms with Crippen LogP contribution in [-0.4, -0.2) is 30.9 Å². The molecule has 0 radical (unpaired) electrons. The molecule has 0 fully saturated rings. The first-order valence-corrected chi connectivity index (χ1v) is 5.07. The van der Waals surface area contributed by atoms with Crippen LogP contribution in [0.1, 0.15) is 23.7 Å². The van der Waals surface area contributed by atoms with Gasteiger partial charge in [-0.1, -0.05) is 6.92 Å². The number of carbonyl (C=O) groups excluding carboxylic acids is 1. The Hall–Kier alpha value is -1.72. The highest BCUT2D eigenvalue weighted by atomic mass is 19.3. The number of ether oxygens (including phenoxy) is 2. The summed E-state index contributed by atoms with van der Waals surface area (Å²) in [5.74, 6) is -0.0341. The average Bonchev–Trinajstić information content (AvgIpc) is 2.34. The minimum absolute atomic E-state index is 0.00908. The molecule has 6 heteroatoms. The number of rotatable bonds is 6. The minimum atomic E-state index is -2.57. The molecule has 1 rings (SSSR count). The lowest BCUT2D eigenvalue weighted by Gasteiger charge is -2.09. The van der Waals surface area contributed by atoms with Crippen molar-refractivity contribution >= 4 is 5.78 Å². The van der Waals surface area contributed by atoms with Gasteiger partial charge in [0, 0.05) is 12.5 Å². The van der Waals surface area contributed by atoms with E-state index < -0.39 is 13.0 Å². The van der Waals surface area contributed by atoms with Crippen molar-refractivity contribution in [1.29, 1.82) is 0 Å². The standard InChI is InChI=1S/C11H13F2NO3/c1-3-8(15)7-4-5-10(14-11(7)16-2)17-6-9(12)13/h4-5,9H,3,6H2,1-2H3. The van der Waals surface area contributed by atoms with E-state index in [1.54, 1.807) is 6.92 Å². The second-order valence-corrected chi connectivity index (χ2v) is 3.19. The number of Topliss-reactive ketones (excluding diaryl/α,β-unsaturated/α-hetero) is 1. The monoisotopic (exact) mass is 245 g/mol. The van der Waals surface area contributed by atoms with Crippen LogP contribution in [0.2, 0.25) is 0 Å². The Morgan fingerprint density at radius 2 is 2.18 bits per heavy atom. The van der Waals surface area contributed by atoms with Crippen LogP contribution in [0.3, 0.4) is 0 Å². The number of nitrogens with zero attached hydrogens (tertiary/aromatic N) is 1. The lowest BCUT2D eigenvalue weighted by molar-refractivity contribution is 0.0791. The predicted octanol–water partition coefficient (Wildman–Crippen LogP) is 2.33. The first-order chi connectivity index (χ1) is 8.08. The summed E-state index contributed by atoms with van der Waals surface area (Å²) in [6, 6.07) is 2.83. The number of ketones is 1. The topological polar surface area (TPSA) is 48.4 Å². The Kier molecular flexibility index (Phi) is 4.81. The zero-order chi connectivity index (χ0) is 12.8. The molecule has 0 saturated carbocycles. The summed E-state index contributed by atoms with van der Waals surface area (Å²) in [5.41, 5.74) is 0.319. The van der Waals surface area contributed by atoms with Gasteiger partial charge in [0.15, 0.2) is 12.4 Å². The second-order valence-electron chi connectivity index (χ2n) is 3.19. The minimum Gasteiger partial charge on any atom is -0.480 e. The van der Waals surface area contributed by atoms with Gasteiger partial charge >= 0.3 is 0 Å². The summed E-state index contributed by atoms with van der Waals surface area (Å²) in [6.45, 7) is 0.972. The molecule has 4 nitrogen and oxygen atoms in total. The van der Waals surface area contributed by atoms with Crippen LogP contribution in [0, 0.1) is 0 Å². The van der Waals surface area contributed by atoms with E-state index in [-0.39, 0.29) is 17.5 Å². The van der Waals surface area contributed by atoms with Gasteiger partial charge in [0.1, 0.15) is 0 Å². The summed E-state index contributed by atoms with van der Waals surface area (Å²) in [7, 11) is 1.35. The van der Waals surface area contributed by atoms with Gasteiger partial charge in [-0.25, -0.2) is 8.78 Å². The number of halogens is 2. The van der Waals surface area contributed by atoms with Gasteiger partial charge in [-0.05, 0) is 6.07 Å². The second kappa shape index (κ2) is 6.12. The summed E-state index contributed by atoms with van der Waals surface area (Å²) >= 11 is 0. The third-order valence-corrected chi connectivity index (χ3v) is 2.01. The molecule has 1 aromatic rings. The molecule has 0 unspecified atom stereocenters. The van der Waals surface area contributed by atoms with Gasteiger partial charge in [0.25, 0.3) is 6.43 Å². The fourth-order valence-electron chi connectivity index (χ4n) is 1.21. The molecule has 94 valence electrons. The number of pyridine rings is 1. The molecule has 0 saturated heterocycles. The number of hydrogen-bond donors (Lipinski definition) is 0. The lowest BCUT2D eigenvalue weighted by atomic mass is 10.1. The zero-order valence-corrected chi connectivity index (χ0v) is 9.57. The Labute approximate surface area is 97.6 Å². The maximum Gasteiger partial charge on any atom is 0.272 e. The predicted molar refractivity (Wildman–Crippen MR) is 56.9 cm³/mol. The van der Waals surface area contributed by atoms with Crippen LogP contribution in [0.5, 0.6) is 11.8 Å². The molecule has 1 aromatic heterocycles. The van der Waals surface area contributed by atoms with Crippen LogP contribution in [0.15, 0.2) is 12.1 Å². The molecule has 0 N–H and O–H groups in total. The molecule has 0 aliphatic carbocycles. The molecule has 17 heavy (non-hydrogen) atoms. The van der Waals surface area contributed by atoms with Crippen molar-refractivity contribution in [3.63, 3.8) is 0 Å². The maximum atomic E-state index is 11.9. The van der Waals surface area contributed by atoms with Crippen molar-refractivity contribution in [3.8, 4) is 11.8 Å². The lowest BCUT2D eigenvalue weighted by Crippen LogP contribution is -2.09. The number of hydrogen-bond acceptors (Lipinski definition) is 4.